The molecule has 0 aliphatic rings. The van der Waals surface area contributed by atoms with Crippen LogP contribution in [0, 0.1) is 6.92 Å². The number of furan rings is 1. The van der Waals surface area contributed by atoms with E-state index in [-0.39, 0.29) is 34.6 Å². The molecule has 4 rings (SSSR count). The van der Waals surface area contributed by atoms with Crippen LogP contribution in [-0.2, 0) is 18.4 Å². The van der Waals surface area contributed by atoms with Crippen molar-refractivity contribution >= 4 is 28.4 Å². The number of esters is 1. The van der Waals surface area contributed by atoms with Crippen LogP contribution >= 0.6 is 11.3 Å². The first-order valence-electron chi connectivity index (χ1n) is 9.22. The van der Waals surface area contributed by atoms with Crippen LogP contribution in [0.2, 0.25) is 0 Å². The zero-order valence-corrected chi connectivity index (χ0v) is 18.1. The number of aryl methyl sites for hydroxylation is 2. The van der Waals surface area contributed by atoms with Gasteiger partial charge in [-0.2, -0.15) is 0 Å². The van der Waals surface area contributed by atoms with E-state index < -0.39 is 5.97 Å². The number of benzene rings is 1. The number of rotatable bonds is 6. The zero-order chi connectivity index (χ0) is 22.1. The minimum Gasteiger partial charge on any atom is -0.493 e. The summed E-state index contributed by atoms with van der Waals surface area (Å²) in [6, 6.07) is 5.52. The number of nitrogens with zero attached hydrogens (tertiary/aromatic N) is 3. The van der Waals surface area contributed by atoms with E-state index in [9.17, 15) is 9.59 Å². The van der Waals surface area contributed by atoms with Crippen molar-refractivity contribution in [1.29, 1.82) is 0 Å². The summed E-state index contributed by atoms with van der Waals surface area (Å²) in [5.41, 5.74) is 1.14. The topological polar surface area (TPSA) is 106 Å². The summed E-state index contributed by atoms with van der Waals surface area (Å²) < 4.78 is 22.9. The molecule has 0 atom stereocenters. The first-order valence-corrected chi connectivity index (χ1v) is 10.1. The predicted octanol–water partition coefficient (Wildman–Crippen LogP) is 3.33. The number of methoxy groups -OCH3 is 2. The van der Waals surface area contributed by atoms with Gasteiger partial charge in [0.1, 0.15) is 34.7 Å². The number of aromatic nitrogens is 3. The van der Waals surface area contributed by atoms with Gasteiger partial charge in [-0.25, -0.2) is 14.8 Å². The van der Waals surface area contributed by atoms with E-state index in [0.29, 0.717) is 22.2 Å². The second kappa shape index (κ2) is 8.23. The molecule has 4 aromatic rings. The molecule has 9 nitrogen and oxygen atoms in total. The number of thiazole rings is 1. The third kappa shape index (κ3) is 3.66. The molecule has 0 bridgehead atoms. The minimum absolute atomic E-state index is 0.0612. The number of para-hydroxylation sites is 1. The molecule has 0 saturated heterocycles. The summed E-state index contributed by atoms with van der Waals surface area (Å²) >= 11 is 1.39. The maximum absolute atomic E-state index is 12.7. The largest absolute Gasteiger partial charge is 0.493 e. The Morgan fingerprint density at radius 3 is 2.81 bits per heavy atom. The lowest BCUT2D eigenvalue weighted by Gasteiger charge is -2.10. The van der Waals surface area contributed by atoms with E-state index in [1.807, 2.05) is 12.1 Å². The lowest BCUT2D eigenvalue weighted by atomic mass is 10.2. The second-order valence-electron chi connectivity index (χ2n) is 6.64. The first-order chi connectivity index (χ1) is 14.9. The Hall–Kier alpha value is -3.66. The Bertz CT molecular complexity index is 1340. The number of fused-ring (bicyclic) bond motifs is 1. The highest BCUT2D eigenvalue weighted by atomic mass is 32.1. The van der Waals surface area contributed by atoms with Crippen LogP contribution in [0.4, 0.5) is 0 Å². The van der Waals surface area contributed by atoms with E-state index >= 15 is 0 Å². The number of hydrogen-bond donors (Lipinski definition) is 0. The van der Waals surface area contributed by atoms with E-state index in [2.05, 4.69) is 9.97 Å². The zero-order valence-electron chi connectivity index (χ0n) is 17.3. The predicted molar refractivity (Wildman–Crippen MR) is 114 cm³/mol. The molecular weight excluding hydrogens is 422 g/mol. The van der Waals surface area contributed by atoms with Crippen LogP contribution in [0.3, 0.4) is 0 Å². The van der Waals surface area contributed by atoms with Crippen molar-refractivity contribution < 1.29 is 23.4 Å². The molecule has 0 aliphatic heterocycles. The molecule has 0 N–H and O–H groups in total. The summed E-state index contributed by atoms with van der Waals surface area (Å²) in [4.78, 5) is 33.7. The summed E-state index contributed by atoms with van der Waals surface area (Å²) in [5.74, 6) is 0.776. The van der Waals surface area contributed by atoms with Crippen LogP contribution < -0.4 is 15.0 Å². The highest BCUT2D eigenvalue weighted by Crippen LogP contribution is 2.39. The van der Waals surface area contributed by atoms with Crippen LogP contribution in [0.1, 0.15) is 21.8 Å². The molecule has 0 unspecified atom stereocenters. The molecule has 3 heterocycles. The quantitative estimate of drug-likeness (QED) is 0.420. The second-order valence-corrected chi connectivity index (χ2v) is 7.49. The molecule has 1 aromatic carbocycles. The fourth-order valence-corrected chi connectivity index (χ4v) is 4.02. The molecule has 10 heteroatoms. The van der Waals surface area contributed by atoms with Gasteiger partial charge >= 0.3 is 5.97 Å². The van der Waals surface area contributed by atoms with Crippen molar-refractivity contribution in [2.24, 2.45) is 7.05 Å². The van der Waals surface area contributed by atoms with Crippen LogP contribution in [0.5, 0.6) is 11.5 Å². The summed E-state index contributed by atoms with van der Waals surface area (Å²) in [5, 5.41) is 2.60. The van der Waals surface area contributed by atoms with Crippen molar-refractivity contribution in [3.63, 3.8) is 0 Å². The monoisotopic (exact) mass is 441 g/mol. The maximum atomic E-state index is 12.7. The van der Waals surface area contributed by atoms with Gasteiger partial charge in [0.05, 0.1) is 25.5 Å². The van der Waals surface area contributed by atoms with Gasteiger partial charge < -0.3 is 23.2 Å². The number of carbonyl (C=O) groups is 1. The Morgan fingerprint density at radius 1 is 1.26 bits per heavy atom. The Kier molecular flexibility index (Phi) is 5.47. The highest BCUT2D eigenvalue weighted by molar-refractivity contribution is 7.13. The summed E-state index contributed by atoms with van der Waals surface area (Å²) in [6.45, 7) is 1.53. The van der Waals surface area contributed by atoms with Crippen LogP contribution in [-0.4, -0.2) is 34.7 Å². The molecule has 160 valence electrons. The number of carbonyl (C=O) groups excluding carboxylic acids is 1. The van der Waals surface area contributed by atoms with Gasteiger partial charge in [-0.05, 0) is 19.1 Å². The average molecular weight is 441 g/mol. The molecule has 0 amide bonds. The van der Waals surface area contributed by atoms with Gasteiger partial charge in [0.15, 0.2) is 11.5 Å². The van der Waals surface area contributed by atoms with Gasteiger partial charge in [0.25, 0.3) is 5.56 Å². The number of ether oxygens (including phenoxy) is 3. The van der Waals surface area contributed by atoms with Gasteiger partial charge in [0.2, 0.25) is 5.71 Å². The molecular formula is C21H19N3O6S. The van der Waals surface area contributed by atoms with Gasteiger partial charge in [-0.3, -0.25) is 4.79 Å². The van der Waals surface area contributed by atoms with Gasteiger partial charge in [-0.15, -0.1) is 11.3 Å². The van der Waals surface area contributed by atoms with E-state index in [0.717, 1.165) is 5.56 Å². The molecule has 0 spiro atoms. The molecule has 3 aromatic heterocycles. The van der Waals surface area contributed by atoms with Crippen molar-refractivity contribution in [3.8, 4) is 22.1 Å². The molecule has 31 heavy (non-hydrogen) atoms. The van der Waals surface area contributed by atoms with Gasteiger partial charge in [0, 0.05) is 12.4 Å². The lowest BCUT2D eigenvalue weighted by molar-refractivity contribution is 0.0468. The van der Waals surface area contributed by atoms with E-state index in [1.54, 1.807) is 39.6 Å². The van der Waals surface area contributed by atoms with Crippen LogP contribution in [0.25, 0.3) is 21.7 Å². The highest BCUT2D eigenvalue weighted by Gasteiger charge is 2.24. The molecule has 0 radical (unpaired) electrons. The first kappa shape index (κ1) is 20.6. The van der Waals surface area contributed by atoms with E-state index in [1.165, 1.54) is 22.2 Å². The molecule has 0 fully saturated rings. The van der Waals surface area contributed by atoms with E-state index in [4.69, 9.17) is 18.6 Å². The van der Waals surface area contributed by atoms with Crippen molar-refractivity contribution in [2.75, 3.05) is 14.2 Å². The fraction of sp³-hybridized carbons (Fsp3) is 0.238. The summed E-state index contributed by atoms with van der Waals surface area (Å²) in [7, 11) is 4.68. The maximum Gasteiger partial charge on any atom is 0.343 e. The Balaban J connectivity index is 1.57. The summed E-state index contributed by atoms with van der Waals surface area (Å²) in [6.07, 6.45) is 1.34. The van der Waals surface area contributed by atoms with Crippen molar-refractivity contribution in [3.05, 3.63) is 57.3 Å². The Labute approximate surface area is 180 Å². The molecule has 0 saturated carbocycles. The van der Waals surface area contributed by atoms with Crippen molar-refractivity contribution in [1.82, 2.24) is 14.5 Å². The lowest BCUT2D eigenvalue weighted by Crippen LogP contribution is -2.19. The average Bonchev–Trinajstić information content (AvgIpc) is 3.38. The van der Waals surface area contributed by atoms with Gasteiger partial charge in [-0.1, -0.05) is 6.07 Å². The molecule has 0 aliphatic carbocycles. The third-order valence-corrected chi connectivity index (χ3v) is 5.61. The van der Waals surface area contributed by atoms with Crippen LogP contribution in [0.15, 0.2) is 39.1 Å². The normalized spacial score (nSPS) is 11.0. The number of hydrogen-bond acceptors (Lipinski definition) is 9. The fourth-order valence-electron chi connectivity index (χ4n) is 3.20. The third-order valence-electron chi connectivity index (χ3n) is 4.69. The minimum atomic E-state index is -0.671. The SMILES string of the molecule is COc1cccc(-c2nc(COC(=O)c3c(C)oc4ncn(C)c(=O)c34)cs2)c1OC. The standard InChI is InChI=1S/C21H19N3O6S/c1-11-15(16-18(30-11)22-10-24(2)20(16)25)21(26)29-8-12-9-31-19(23-12)13-6-5-7-14(27-3)17(13)28-4/h5-7,9-10H,8H2,1-4H3. The van der Waals surface area contributed by atoms with Crippen molar-refractivity contribution in [2.45, 2.75) is 13.5 Å². The smallest absolute Gasteiger partial charge is 0.343 e. The Morgan fingerprint density at radius 2 is 2.06 bits per heavy atom.